The molecular formula is C15H17NO. The van der Waals surface area contributed by atoms with E-state index in [0.717, 1.165) is 12.3 Å². The minimum Gasteiger partial charge on any atom is -0.468 e. The van der Waals surface area contributed by atoms with Gasteiger partial charge >= 0.3 is 0 Å². The van der Waals surface area contributed by atoms with Crippen LogP contribution < -0.4 is 0 Å². The van der Waals surface area contributed by atoms with Gasteiger partial charge in [-0.05, 0) is 37.1 Å². The molecule has 0 bridgehead atoms. The van der Waals surface area contributed by atoms with Crippen LogP contribution in [0.25, 0.3) is 0 Å². The lowest BCUT2D eigenvalue weighted by atomic mass is 10.1. The molecule has 0 saturated carbocycles. The predicted octanol–water partition coefficient (Wildman–Crippen LogP) is 3.62. The Morgan fingerprint density at radius 1 is 1.12 bits per heavy atom. The molecule has 1 aromatic carbocycles. The molecule has 0 radical (unpaired) electrons. The maximum Gasteiger partial charge on any atom is 0.120 e. The molecule has 0 unspecified atom stereocenters. The van der Waals surface area contributed by atoms with E-state index in [-0.39, 0.29) is 0 Å². The molecule has 1 aromatic heterocycles. The molecule has 2 nitrogen and oxygen atoms in total. The first kappa shape index (κ1) is 10.6. The topological polar surface area (TPSA) is 16.4 Å². The van der Waals surface area contributed by atoms with Crippen LogP contribution >= 0.6 is 0 Å². The van der Waals surface area contributed by atoms with Gasteiger partial charge in [-0.3, -0.25) is 4.90 Å². The molecule has 0 amide bonds. The lowest BCUT2D eigenvalue weighted by Gasteiger charge is -2.22. The first-order valence-corrected chi connectivity index (χ1v) is 6.25. The molecule has 2 heteroatoms. The van der Waals surface area contributed by atoms with E-state index in [1.54, 1.807) is 6.26 Å². The van der Waals surface area contributed by atoms with Crippen molar-refractivity contribution in [3.05, 3.63) is 60.1 Å². The lowest BCUT2D eigenvalue weighted by molar-refractivity contribution is 0.221. The zero-order valence-electron chi connectivity index (χ0n) is 9.88. The van der Waals surface area contributed by atoms with Crippen molar-refractivity contribution in [2.75, 3.05) is 6.54 Å². The summed E-state index contributed by atoms with van der Waals surface area (Å²) in [6.45, 7) is 2.19. The van der Waals surface area contributed by atoms with E-state index in [1.807, 2.05) is 6.07 Å². The lowest BCUT2D eigenvalue weighted by Crippen LogP contribution is -2.22. The van der Waals surface area contributed by atoms with E-state index < -0.39 is 0 Å². The maximum absolute atomic E-state index is 5.54. The Balaban J connectivity index is 1.75. The fourth-order valence-electron chi connectivity index (χ4n) is 2.64. The van der Waals surface area contributed by atoms with Crippen molar-refractivity contribution in [2.45, 2.75) is 25.4 Å². The van der Waals surface area contributed by atoms with Crippen molar-refractivity contribution in [2.24, 2.45) is 0 Å². The molecule has 1 aliphatic rings. The van der Waals surface area contributed by atoms with Crippen LogP contribution in [0.3, 0.4) is 0 Å². The summed E-state index contributed by atoms with van der Waals surface area (Å²) in [5.41, 5.74) is 1.38. The SMILES string of the molecule is c1ccc(CN2CCC[C@H]2c2ccco2)cc1. The van der Waals surface area contributed by atoms with E-state index >= 15 is 0 Å². The van der Waals surface area contributed by atoms with Gasteiger partial charge in [0.25, 0.3) is 0 Å². The molecule has 2 aromatic rings. The van der Waals surface area contributed by atoms with Crippen LogP contribution in [0.15, 0.2) is 53.1 Å². The zero-order valence-corrected chi connectivity index (χ0v) is 9.88. The third-order valence-electron chi connectivity index (χ3n) is 3.46. The highest BCUT2D eigenvalue weighted by Gasteiger charge is 2.27. The van der Waals surface area contributed by atoms with Gasteiger partial charge < -0.3 is 4.42 Å². The first-order chi connectivity index (χ1) is 8.43. The van der Waals surface area contributed by atoms with E-state index in [0.29, 0.717) is 6.04 Å². The van der Waals surface area contributed by atoms with Crippen LogP contribution in [0.1, 0.15) is 30.2 Å². The summed E-state index contributed by atoms with van der Waals surface area (Å²) < 4.78 is 5.54. The number of hydrogen-bond donors (Lipinski definition) is 0. The number of nitrogens with zero attached hydrogens (tertiary/aromatic N) is 1. The van der Waals surface area contributed by atoms with Crippen LogP contribution in [-0.2, 0) is 6.54 Å². The van der Waals surface area contributed by atoms with Crippen LogP contribution in [0.2, 0.25) is 0 Å². The average Bonchev–Trinajstić information content (AvgIpc) is 3.00. The van der Waals surface area contributed by atoms with Gasteiger partial charge in [-0.2, -0.15) is 0 Å². The van der Waals surface area contributed by atoms with Gasteiger partial charge in [0.1, 0.15) is 5.76 Å². The van der Waals surface area contributed by atoms with Crippen LogP contribution in [-0.4, -0.2) is 11.4 Å². The molecular weight excluding hydrogens is 210 g/mol. The number of rotatable bonds is 3. The summed E-state index contributed by atoms with van der Waals surface area (Å²) in [5, 5.41) is 0. The Morgan fingerprint density at radius 2 is 2.00 bits per heavy atom. The smallest absolute Gasteiger partial charge is 0.120 e. The van der Waals surface area contributed by atoms with Gasteiger partial charge in [-0.1, -0.05) is 30.3 Å². The largest absolute Gasteiger partial charge is 0.468 e. The Kier molecular flexibility index (Phi) is 2.97. The second kappa shape index (κ2) is 4.76. The van der Waals surface area contributed by atoms with Crippen LogP contribution in [0.4, 0.5) is 0 Å². The molecule has 0 spiro atoms. The van der Waals surface area contributed by atoms with E-state index in [2.05, 4.69) is 41.3 Å². The highest BCUT2D eigenvalue weighted by Crippen LogP contribution is 2.33. The molecule has 88 valence electrons. The van der Waals surface area contributed by atoms with Crippen LogP contribution in [0.5, 0.6) is 0 Å². The Labute approximate surface area is 102 Å². The molecule has 3 rings (SSSR count). The van der Waals surface area contributed by atoms with Gasteiger partial charge in [-0.15, -0.1) is 0 Å². The third kappa shape index (κ3) is 2.27. The fraction of sp³-hybridized carbons (Fsp3) is 0.333. The van der Waals surface area contributed by atoms with Gasteiger partial charge in [0.15, 0.2) is 0 Å². The maximum atomic E-state index is 5.54. The molecule has 0 N–H and O–H groups in total. The van der Waals surface area contributed by atoms with E-state index in [9.17, 15) is 0 Å². The summed E-state index contributed by atoms with van der Waals surface area (Å²) in [4.78, 5) is 2.51. The monoisotopic (exact) mass is 227 g/mol. The normalized spacial score (nSPS) is 20.8. The number of benzene rings is 1. The standard InChI is InChI=1S/C15H17NO/c1-2-6-13(7-3-1)12-16-10-4-8-14(16)15-9-5-11-17-15/h1-3,5-7,9,11,14H,4,8,10,12H2/t14-/m0/s1. The predicted molar refractivity (Wildman–Crippen MR) is 67.5 cm³/mol. The summed E-state index contributed by atoms with van der Waals surface area (Å²) >= 11 is 0. The molecule has 17 heavy (non-hydrogen) atoms. The quantitative estimate of drug-likeness (QED) is 0.796. The molecule has 1 fully saturated rings. The highest BCUT2D eigenvalue weighted by molar-refractivity contribution is 5.16. The Bertz CT molecular complexity index is 449. The fourth-order valence-corrected chi connectivity index (χ4v) is 2.64. The van der Waals surface area contributed by atoms with Crippen LogP contribution in [0, 0.1) is 0 Å². The van der Waals surface area contributed by atoms with Crippen molar-refractivity contribution in [3.63, 3.8) is 0 Å². The Hall–Kier alpha value is -1.54. The third-order valence-corrected chi connectivity index (χ3v) is 3.46. The molecule has 0 aliphatic carbocycles. The van der Waals surface area contributed by atoms with Crippen molar-refractivity contribution in [3.8, 4) is 0 Å². The van der Waals surface area contributed by atoms with Crippen molar-refractivity contribution in [1.29, 1.82) is 0 Å². The summed E-state index contributed by atoms with van der Waals surface area (Å²) in [7, 11) is 0. The van der Waals surface area contributed by atoms with Gasteiger partial charge in [-0.25, -0.2) is 0 Å². The molecule has 1 saturated heterocycles. The highest BCUT2D eigenvalue weighted by atomic mass is 16.3. The van der Waals surface area contributed by atoms with Crippen molar-refractivity contribution in [1.82, 2.24) is 4.90 Å². The molecule has 2 heterocycles. The summed E-state index contributed by atoms with van der Waals surface area (Å²) in [6.07, 6.45) is 4.24. The second-order valence-electron chi connectivity index (χ2n) is 4.63. The minimum atomic E-state index is 0.463. The van der Waals surface area contributed by atoms with Crippen molar-refractivity contribution >= 4 is 0 Å². The summed E-state index contributed by atoms with van der Waals surface area (Å²) in [5.74, 6) is 1.11. The van der Waals surface area contributed by atoms with E-state index in [4.69, 9.17) is 4.42 Å². The average molecular weight is 227 g/mol. The van der Waals surface area contributed by atoms with Gasteiger partial charge in [0.05, 0.1) is 12.3 Å². The molecule has 1 aliphatic heterocycles. The number of furan rings is 1. The van der Waals surface area contributed by atoms with Gasteiger partial charge in [0, 0.05) is 6.54 Å². The Morgan fingerprint density at radius 3 is 2.76 bits per heavy atom. The second-order valence-corrected chi connectivity index (χ2v) is 4.63. The zero-order chi connectivity index (χ0) is 11.5. The molecule has 1 atom stereocenters. The number of hydrogen-bond acceptors (Lipinski definition) is 2. The minimum absolute atomic E-state index is 0.463. The summed E-state index contributed by atoms with van der Waals surface area (Å²) in [6, 6.07) is 15.2. The number of likely N-dealkylation sites (tertiary alicyclic amines) is 1. The van der Waals surface area contributed by atoms with E-state index in [1.165, 1.54) is 24.9 Å². The first-order valence-electron chi connectivity index (χ1n) is 6.25. The van der Waals surface area contributed by atoms with Gasteiger partial charge in [0.2, 0.25) is 0 Å². The van der Waals surface area contributed by atoms with Crippen molar-refractivity contribution < 1.29 is 4.42 Å².